The van der Waals surface area contributed by atoms with E-state index in [9.17, 15) is 0 Å². The lowest BCUT2D eigenvalue weighted by Crippen LogP contribution is -2.36. The van der Waals surface area contributed by atoms with Crippen LogP contribution in [0.1, 0.15) is 25.7 Å². The molecule has 0 atom stereocenters. The minimum atomic E-state index is 0.606. The molecule has 16 heavy (non-hydrogen) atoms. The molecule has 0 bridgehead atoms. The number of nitrogens with zero attached hydrogens (tertiary/aromatic N) is 1. The smallest absolute Gasteiger partial charge is 0.0469 e. The fourth-order valence-electron chi connectivity index (χ4n) is 2.95. The molecule has 2 aliphatic rings. The van der Waals surface area contributed by atoms with Crippen LogP contribution in [0.15, 0.2) is 0 Å². The van der Waals surface area contributed by atoms with Crippen molar-refractivity contribution in [3.8, 4) is 0 Å². The summed E-state index contributed by atoms with van der Waals surface area (Å²) in [7, 11) is 4.35. The first-order valence-electron chi connectivity index (χ1n) is 6.65. The third kappa shape index (κ3) is 3.44. The van der Waals surface area contributed by atoms with Crippen LogP contribution in [-0.2, 0) is 4.74 Å². The zero-order valence-corrected chi connectivity index (χ0v) is 10.8. The monoisotopic (exact) mass is 226 g/mol. The summed E-state index contributed by atoms with van der Waals surface area (Å²) in [5.74, 6) is 0.865. The Labute approximate surface area is 99.5 Å². The number of ether oxygens (including phenoxy) is 1. The van der Waals surface area contributed by atoms with Crippen LogP contribution in [0.2, 0.25) is 0 Å². The lowest BCUT2D eigenvalue weighted by Gasteiger charge is -2.29. The van der Waals surface area contributed by atoms with Crippen LogP contribution < -0.4 is 5.32 Å². The Morgan fingerprint density at radius 2 is 2.00 bits per heavy atom. The highest BCUT2D eigenvalue weighted by molar-refractivity contribution is 4.96. The summed E-state index contributed by atoms with van der Waals surface area (Å²) in [5, 5.41) is 3.33. The molecule has 0 aromatic rings. The molecular formula is C13H26N2O. The Balaban J connectivity index is 1.69. The molecule has 1 N–H and O–H groups in total. The summed E-state index contributed by atoms with van der Waals surface area (Å²) < 4.78 is 5.40. The molecule has 3 heteroatoms. The molecule has 0 spiro atoms. The van der Waals surface area contributed by atoms with E-state index in [1.54, 1.807) is 0 Å². The van der Waals surface area contributed by atoms with Crippen LogP contribution in [0.3, 0.4) is 0 Å². The highest BCUT2D eigenvalue weighted by atomic mass is 16.5. The van der Waals surface area contributed by atoms with Gasteiger partial charge in [0.25, 0.3) is 0 Å². The van der Waals surface area contributed by atoms with Crippen LogP contribution in [0.5, 0.6) is 0 Å². The number of rotatable bonds is 6. The summed E-state index contributed by atoms with van der Waals surface area (Å²) in [6.07, 6.45) is 5.32. The number of hydrogen-bond donors (Lipinski definition) is 1. The maximum Gasteiger partial charge on any atom is 0.0469 e. The largest absolute Gasteiger partial charge is 0.381 e. The molecule has 1 saturated carbocycles. The molecule has 0 radical (unpaired) electrons. The molecule has 0 aromatic carbocycles. The average molecular weight is 226 g/mol. The van der Waals surface area contributed by atoms with Crippen LogP contribution in [0.4, 0.5) is 0 Å². The van der Waals surface area contributed by atoms with E-state index in [1.807, 2.05) is 0 Å². The maximum absolute atomic E-state index is 5.40. The van der Waals surface area contributed by atoms with Gasteiger partial charge in [-0.25, -0.2) is 0 Å². The lowest BCUT2D eigenvalue weighted by molar-refractivity contribution is 0.0534. The molecular weight excluding hydrogens is 200 g/mol. The molecule has 0 unspecified atom stereocenters. The van der Waals surface area contributed by atoms with Crippen molar-refractivity contribution in [2.24, 2.45) is 11.3 Å². The van der Waals surface area contributed by atoms with Crippen LogP contribution in [0.25, 0.3) is 0 Å². The first kappa shape index (κ1) is 12.3. The van der Waals surface area contributed by atoms with Gasteiger partial charge in [-0.05, 0) is 51.1 Å². The molecule has 0 aromatic heterocycles. The molecule has 2 rings (SSSR count). The summed E-state index contributed by atoms with van der Waals surface area (Å²) in [4.78, 5) is 2.54. The Kier molecular flexibility index (Phi) is 4.22. The lowest BCUT2D eigenvalue weighted by atomic mass is 9.99. The molecule has 1 aliphatic carbocycles. The van der Waals surface area contributed by atoms with E-state index in [2.05, 4.69) is 24.3 Å². The predicted molar refractivity (Wildman–Crippen MR) is 66.6 cm³/mol. The van der Waals surface area contributed by atoms with E-state index in [0.29, 0.717) is 5.41 Å². The molecule has 3 nitrogen and oxygen atoms in total. The molecule has 1 saturated heterocycles. The summed E-state index contributed by atoms with van der Waals surface area (Å²) >= 11 is 0. The second-order valence-corrected chi connectivity index (χ2v) is 5.78. The van der Waals surface area contributed by atoms with Crippen molar-refractivity contribution in [3.05, 3.63) is 0 Å². The Morgan fingerprint density at radius 3 is 2.56 bits per heavy atom. The average Bonchev–Trinajstić information content (AvgIpc) is 2.99. The normalized spacial score (nSPS) is 24.9. The highest BCUT2D eigenvalue weighted by Gasteiger charge is 2.42. The second-order valence-electron chi connectivity index (χ2n) is 5.78. The van der Waals surface area contributed by atoms with Gasteiger partial charge >= 0.3 is 0 Å². The van der Waals surface area contributed by atoms with Crippen molar-refractivity contribution in [2.75, 3.05) is 46.9 Å². The first-order valence-corrected chi connectivity index (χ1v) is 6.65. The zero-order chi connectivity index (χ0) is 11.4. The van der Waals surface area contributed by atoms with Crippen molar-refractivity contribution in [3.63, 3.8) is 0 Å². The molecule has 2 fully saturated rings. The quantitative estimate of drug-likeness (QED) is 0.740. The van der Waals surface area contributed by atoms with Crippen LogP contribution in [0, 0.1) is 11.3 Å². The van der Waals surface area contributed by atoms with Gasteiger partial charge in [0.1, 0.15) is 0 Å². The minimum absolute atomic E-state index is 0.606. The molecule has 94 valence electrons. The fraction of sp³-hybridized carbons (Fsp3) is 1.00. The van der Waals surface area contributed by atoms with E-state index in [0.717, 1.165) is 19.1 Å². The highest BCUT2D eigenvalue weighted by Crippen LogP contribution is 2.45. The maximum atomic E-state index is 5.40. The van der Waals surface area contributed by atoms with Gasteiger partial charge < -0.3 is 15.0 Å². The standard InChI is InChI=1S/C13H26N2O/c1-14-10-13(5-6-13)11-15(2)9-12-3-7-16-8-4-12/h12,14H,3-11H2,1-2H3. The van der Waals surface area contributed by atoms with Gasteiger partial charge in [-0.2, -0.15) is 0 Å². The van der Waals surface area contributed by atoms with Crippen molar-refractivity contribution < 1.29 is 4.74 Å². The van der Waals surface area contributed by atoms with E-state index in [4.69, 9.17) is 4.74 Å². The Bertz CT molecular complexity index is 210. The van der Waals surface area contributed by atoms with Crippen molar-refractivity contribution in [1.82, 2.24) is 10.2 Å². The van der Waals surface area contributed by atoms with Gasteiger partial charge in [0.2, 0.25) is 0 Å². The SMILES string of the molecule is CNCC1(CN(C)CC2CCOCC2)CC1. The predicted octanol–water partition coefficient (Wildman–Crippen LogP) is 1.34. The van der Waals surface area contributed by atoms with Crippen molar-refractivity contribution >= 4 is 0 Å². The molecule has 1 aliphatic heterocycles. The summed E-state index contributed by atoms with van der Waals surface area (Å²) in [6, 6.07) is 0. The zero-order valence-electron chi connectivity index (χ0n) is 10.8. The summed E-state index contributed by atoms with van der Waals surface area (Å²) in [5.41, 5.74) is 0.606. The van der Waals surface area contributed by atoms with Gasteiger partial charge in [0.05, 0.1) is 0 Å². The van der Waals surface area contributed by atoms with Crippen LogP contribution in [-0.4, -0.2) is 51.8 Å². The first-order chi connectivity index (χ1) is 7.74. The van der Waals surface area contributed by atoms with Gasteiger partial charge in [-0.1, -0.05) is 0 Å². The van der Waals surface area contributed by atoms with Gasteiger partial charge in [-0.15, -0.1) is 0 Å². The van der Waals surface area contributed by atoms with Crippen LogP contribution >= 0.6 is 0 Å². The van der Waals surface area contributed by atoms with E-state index < -0.39 is 0 Å². The Morgan fingerprint density at radius 1 is 1.31 bits per heavy atom. The van der Waals surface area contributed by atoms with Gasteiger partial charge in [0, 0.05) is 32.8 Å². The van der Waals surface area contributed by atoms with Crippen molar-refractivity contribution in [2.45, 2.75) is 25.7 Å². The van der Waals surface area contributed by atoms with E-state index in [1.165, 1.54) is 45.3 Å². The minimum Gasteiger partial charge on any atom is -0.381 e. The van der Waals surface area contributed by atoms with Gasteiger partial charge in [0.15, 0.2) is 0 Å². The van der Waals surface area contributed by atoms with E-state index in [-0.39, 0.29) is 0 Å². The molecule has 1 heterocycles. The van der Waals surface area contributed by atoms with Crippen molar-refractivity contribution in [1.29, 1.82) is 0 Å². The Hall–Kier alpha value is -0.120. The van der Waals surface area contributed by atoms with E-state index >= 15 is 0 Å². The summed E-state index contributed by atoms with van der Waals surface area (Å²) in [6.45, 7) is 5.66. The second kappa shape index (κ2) is 5.48. The number of hydrogen-bond acceptors (Lipinski definition) is 3. The van der Waals surface area contributed by atoms with Gasteiger partial charge in [-0.3, -0.25) is 0 Å². The number of nitrogens with one attached hydrogen (secondary N) is 1. The molecule has 0 amide bonds. The fourth-order valence-corrected chi connectivity index (χ4v) is 2.95. The third-order valence-corrected chi connectivity index (χ3v) is 4.02. The topological polar surface area (TPSA) is 24.5 Å². The third-order valence-electron chi connectivity index (χ3n) is 4.02.